The van der Waals surface area contributed by atoms with Crippen molar-refractivity contribution in [3.05, 3.63) is 41.2 Å². The van der Waals surface area contributed by atoms with E-state index in [0.717, 1.165) is 12.8 Å². The number of ether oxygens (including phenoxy) is 1. The summed E-state index contributed by atoms with van der Waals surface area (Å²) in [6.07, 6.45) is 9.67. The Bertz CT molecular complexity index is 913. The van der Waals surface area contributed by atoms with Crippen molar-refractivity contribution in [2.24, 2.45) is 5.92 Å². The first-order chi connectivity index (χ1) is 12.2. The second-order valence-corrected chi connectivity index (χ2v) is 6.64. The van der Waals surface area contributed by atoms with Crippen LogP contribution in [0, 0.1) is 5.92 Å². The summed E-state index contributed by atoms with van der Waals surface area (Å²) in [4.78, 5) is 28.1. The SMILES string of the molecule is CCC1OC(n2cnc3c(=O)[nH]c(CCn4ccnc4)nc32)CC1C. The lowest BCUT2D eigenvalue weighted by Gasteiger charge is -2.14. The number of aromatic nitrogens is 6. The van der Waals surface area contributed by atoms with Crippen molar-refractivity contribution in [1.82, 2.24) is 29.1 Å². The molecular formula is C17H22N6O2. The highest BCUT2D eigenvalue weighted by Crippen LogP contribution is 2.35. The van der Waals surface area contributed by atoms with Gasteiger partial charge in [-0.2, -0.15) is 0 Å². The minimum absolute atomic E-state index is 0.110. The number of rotatable bonds is 5. The molecule has 8 nitrogen and oxygen atoms in total. The lowest BCUT2D eigenvalue weighted by Crippen LogP contribution is -2.16. The van der Waals surface area contributed by atoms with Gasteiger partial charge in [-0.25, -0.2) is 15.0 Å². The zero-order valence-corrected chi connectivity index (χ0v) is 14.4. The van der Waals surface area contributed by atoms with Crippen LogP contribution >= 0.6 is 0 Å². The van der Waals surface area contributed by atoms with Gasteiger partial charge in [-0.3, -0.25) is 9.36 Å². The van der Waals surface area contributed by atoms with E-state index >= 15 is 0 Å². The number of aromatic amines is 1. The summed E-state index contributed by atoms with van der Waals surface area (Å²) >= 11 is 0. The topological polar surface area (TPSA) is 90.6 Å². The van der Waals surface area contributed by atoms with Crippen molar-refractivity contribution in [3.8, 4) is 0 Å². The van der Waals surface area contributed by atoms with Gasteiger partial charge in [-0.05, 0) is 18.8 Å². The van der Waals surface area contributed by atoms with Gasteiger partial charge in [0.25, 0.3) is 5.56 Å². The molecule has 1 N–H and O–H groups in total. The highest BCUT2D eigenvalue weighted by atomic mass is 16.5. The summed E-state index contributed by atoms with van der Waals surface area (Å²) in [6, 6.07) is 0. The first-order valence-electron chi connectivity index (χ1n) is 8.72. The smallest absolute Gasteiger partial charge is 0.279 e. The molecule has 3 atom stereocenters. The van der Waals surface area contributed by atoms with E-state index in [4.69, 9.17) is 4.74 Å². The average molecular weight is 342 g/mol. The zero-order valence-electron chi connectivity index (χ0n) is 14.4. The van der Waals surface area contributed by atoms with Gasteiger partial charge in [0.2, 0.25) is 0 Å². The fourth-order valence-corrected chi connectivity index (χ4v) is 3.49. The molecule has 1 aliphatic heterocycles. The van der Waals surface area contributed by atoms with E-state index in [-0.39, 0.29) is 17.9 Å². The third kappa shape index (κ3) is 2.97. The zero-order chi connectivity index (χ0) is 17.4. The van der Waals surface area contributed by atoms with Crippen LogP contribution in [0.4, 0.5) is 0 Å². The van der Waals surface area contributed by atoms with Crippen molar-refractivity contribution in [2.75, 3.05) is 0 Å². The molecule has 4 heterocycles. The van der Waals surface area contributed by atoms with Crippen LogP contribution in [-0.2, 0) is 17.7 Å². The van der Waals surface area contributed by atoms with Crippen molar-refractivity contribution >= 4 is 11.2 Å². The molecule has 132 valence electrons. The van der Waals surface area contributed by atoms with E-state index in [9.17, 15) is 4.79 Å². The first-order valence-corrected chi connectivity index (χ1v) is 8.72. The van der Waals surface area contributed by atoms with E-state index < -0.39 is 0 Å². The largest absolute Gasteiger partial charge is 0.354 e. The van der Waals surface area contributed by atoms with Gasteiger partial charge in [-0.1, -0.05) is 13.8 Å². The Morgan fingerprint density at radius 1 is 1.40 bits per heavy atom. The molecule has 0 amide bonds. The number of aryl methyl sites for hydroxylation is 2. The van der Waals surface area contributed by atoms with Crippen LogP contribution in [0.1, 0.15) is 38.7 Å². The maximum atomic E-state index is 12.3. The first kappa shape index (κ1) is 16.0. The molecular weight excluding hydrogens is 320 g/mol. The van der Waals surface area contributed by atoms with E-state index in [1.54, 1.807) is 18.9 Å². The summed E-state index contributed by atoms with van der Waals surface area (Å²) < 4.78 is 9.99. The van der Waals surface area contributed by atoms with Gasteiger partial charge in [0.1, 0.15) is 12.1 Å². The lowest BCUT2D eigenvalue weighted by molar-refractivity contribution is -0.00305. The molecule has 0 aromatic carbocycles. The Balaban J connectivity index is 1.64. The summed E-state index contributed by atoms with van der Waals surface area (Å²) in [6.45, 7) is 5.04. The van der Waals surface area contributed by atoms with Crippen molar-refractivity contribution in [1.29, 1.82) is 0 Å². The number of hydrogen-bond acceptors (Lipinski definition) is 5. The summed E-state index contributed by atoms with van der Waals surface area (Å²) in [5.74, 6) is 1.13. The number of nitrogens with one attached hydrogen (secondary N) is 1. The molecule has 3 unspecified atom stereocenters. The molecule has 3 aromatic heterocycles. The minimum atomic E-state index is -0.206. The lowest BCUT2D eigenvalue weighted by atomic mass is 10.0. The Labute approximate surface area is 144 Å². The van der Waals surface area contributed by atoms with Crippen molar-refractivity contribution in [2.45, 2.75) is 52.0 Å². The highest BCUT2D eigenvalue weighted by molar-refractivity contribution is 5.69. The molecule has 1 fully saturated rings. The Morgan fingerprint density at radius 2 is 2.28 bits per heavy atom. The normalized spacial score (nSPS) is 23.5. The summed E-state index contributed by atoms with van der Waals surface area (Å²) in [7, 11) is 0. The van der Waals surface area contributed by atoms with Gasteiger partial charge < -0.3 is 14.3 Å². The number of H-pyrrole nitrogens is 1. The number of nitrogens with zero attached hydrogens (tertiary/aromatic N) is 5. The maximum absolute atomic E-state index is 12.3. The van der Waals surface area contributed by atoms with Crippen LogP contribution in [0.2, 0.25) is 0 Å². The molecule has 0 spiro atoms. The van der Waals surface area contributed by atoms with E-state index in [1.807, 2.05) is 15.3 Å². The van der Waals surface area contributed by atoms with E-state index in [1.165, 1.54) is 0 Å². The Hall–Kier alpha value is -2.48. The van der Waals surface area contributed by atoms with Crippen LogP contribution in [0.5, 0.6) is 0 Å². The molecule has 1 saturated heterocycles. The van der Waals surface area contributed by atoms with E-state index in [2.05, 4.69) is 33.8 Å². The van der Waals surface area contributed by atoms with E-state index in [0.29, 0.717) is 35.9 Å². The molecule has 0 bridgehead atoms. The number of hydrogen-bond donors (Lipinski definition) is 1. The molecule has 0 saturated carbocycles. The molecule has 25 heavy (non-hydrogen) atoms. The predicted molar refractivity (Wildman–Crippen MR) is 92.1 cm³/mol. The Morgan fingerprint density at radius 3 is 3.00 bits per heavy atom. The second kappa shape index (κ2) is 6.44. The molecule has 1 aliphatic rings. The van der Waals surface area contributed by atoms with Crippen LogP contribution in [0.3, 0.4) is 0 Å². The summed E-state index contributed by atoms with van der Waals surface area (Å²) in [5.41, 5.74) is 0.753. The maximum Gasteiger partial charge on any atom is 0.279 e. The second-order valence-electron chi connectivity index (χ2n) is 6.64. The fourth-order valence-electron chi connectivity index (χ4n) is 3.49. The number of fused-ring (bicyclic) bond motifs is 1. The third-order valence-corrected chi connectivity index (χ3v) is 4.90. The molecule has 0 radical (unpaired) electrons. The molecule has 8 heteroatoms. The fraction of sp³-hybridized carbons (Fsp3) is 0.529. The quantitative estimate of drug-likeness (QED) is 0.765. The van der Waals surface area contributed by atoms with Gasteiger partial charge in [-0.15, -0.1) is 0 Å². The minimum Gasteiger partial charge on any atom is -0.354 e. The van der Waals surface area contributed by atoms with Crippen LogP contribution in [-0.4, -0.2) is 35.2 Å². The van der Waals surface area contributed by atoms with Crippen LogP contribution in [0.15, 0.2) is 29.8 Å². The van der Waals surface area contributed by atoms with Gasteiger partial charge >= 0.3 is 0 Å². The average Bonchev–Trinajstić information content (AvgIpc) is 3.32. The standard InChI is InChI=1S/C17H22N6O2/c1-3-12-11(2)8-14(25-12)23-10-19-15-16(23)20-13(21-17(15)24)4-6-22-7-5-18-9-22/h5,7,9-12,14H,3-4,6,8H2,1-2H3,(H,20,21,24). The molecule has 0 aliphatic carbocycles. The molecule has 4 rings (SSSR count). The highest BCUT2D eigenvalue weighted by Gasteiger charge is 2.33. The van der Waals surface area contributed by atoms with Crippen LogP contribution in [0.25, 0.3) is 11.2 Å². The number of imidazole rings is 2. The molecule has 3 aromatic rings. The monoisotopic (exact) mass is 342 g/mol. The summed E-state index contributed by atoms with van der Waals surface area (Å²) in [5, 5.41) is 0. The third-order valence-electron chi connectivity index (χ3n) is 4.90. The van der Waals surface area contributed by atoms with Gasteiger partial charge in [0.15, 0.2) is 11.2 Å². The van der Waals surface area contributed by atoms with Crippen molar-refractivity contribution in [3.63, 3.8) is 0 Å². The van der Waals surface area contributed by atoms with Gasteiger partial charge in [0.05, 0.1) is 18.8 Å². The van der Waals surface area contributed by atoms with Crippen molar-refractivity contribution < 1.29 is 4.74 Å². The Kier molecular flexibility index (Phi) is 4.12. The van der Waals surface area contributed by atoms with Crippen LogP contribution < -0.4 is 5.56 Å². The van der Waals surface area contributed by atoms with Gasteiger partial charge in [0, 0.05) is 25.4 Å². The predicted octanol–water partition coefficient (Wildman–Crippen LogP) is 1.89.